The number of benzene rings is 1. The lowest BCUT2D eigenvalue weighted by Crippen LogP contribution is -2.48. The minimum absolute atomic E-state index is 0.0353. The van der Waals surface area contributed by atoms with Crippen LogP contribution >= 0.6 is 0 Å². The van der Waals surface area contributed by atoms with Gasteiger partial charge in [0.05, 0.1) is 36.3 Å². The van der Waals surface area contributed by atoms with Crippen molar-refractivity contribution in [1.29, 1.82) is 0 Å². The molecule has 0 spiro atoms. The second kappa shape index (κ2) is 7.75. The van der Waals surface area contributed by atoms with E-state index in [2.05, 4.69) is 5.32 Å². The van der Waals surface area contributed by atoms with Crippen molar-refractivity contribution in [2.75, 3.05) is 19.8 Å². The largest absolute Gasteiger partial charge is 0.463 e. The van der Waals surface area contributed by atoms with Crippen molar-refractivity contribution in [3.63, 3.8) is 0 Å². The zero-order valence-electron chi connectivity index (χ0n) is 13.9. The van der Waals surface area contributed by atoms with Crippen LogP contribution in [0.1, 0.15) is 25.5 Å². The zero-order chi connectivity index (χ0) is 18.6. The van der Waals surface area contributed by atoms with E-state index in [9.17, 15) is 19.7 Å². The standard InChI is InChI=1S/C16H19N3O6/c1-3-25-15(21)13-10(2)18(8-9-20)16(22)17-14(13)11-4-6-12(7-5-11)19(23)24/h4-7,14,20H,3,8-9H2,1-2H3,(H,17,22)/t14-/m0/s1. The Morgan fingerprint density at radius 2 is 2.04 bits per heavy atom. The maximum atomic E-state index is 12.4. The van der Waals surface area contributed by atoms with Crippen molar-refractivity contribution >= 4 is 17.7 Å². The molecular weight excluding hydrogens is 330 g/mol. The molecule has 0 fully saturated rings. The third kappa shape index (κ3) is 3.77. The predicted octanol–water partition coefficient (Wildman–Crippen LogP) is 1.49. The van der Waals surface area contributed by atoms with Crippen LogP contribution in [0.5, 0.6) is 0 Å². The molecule has 1 aromatic carbocycles. The number of hydrogen-bond acceptors (Lipinski definition) is 6. The number of aliphatic hydroxyl groups excluding tert-OH is 1. The lowest BCUT2D eigenvalue weighted by Gasteiger charge is -2.35. The Balaban J connectivity index is 2.48. The first-order valence-electron chi connectivity index (χ1n) is 7.71. The van der Waals surface area contributed by atoms with Crippen LogP contribution in [0.15, 0.2) is 35.5 Å². The first kappa shape index (κ1) is 18.4. The molecule has 1 aliphatic rings. The molecule has 134 valence electrons. The van der Waals surface area contributed by atoms with Gasteiger partial charge >= 0.3 is 12.0 Å². The number of ether oxygens (including phenoxy) is 1. The number of nitrogens with zero attached hydrogens (tertiary/aromatic N) is 2. The lowest BCUT2D eigenvalue weighted by atomic mass is 9.94. The number of nitro benzene ring substituents is 1. The van der Waals surface area contributed by atoms with Crippen molar-refractivity contribution < 1.29 is 24.4 Å². The van der Waals surface area contributed by atoms with Gasteiger partial charge in [-0.05, 0) is 31.5 Å². The Morgan fingerprint density at radius 1 is 1.40 bits per heavy atom. The highest BCUT2D eigenvalue weighted by molar-refractivity contribution is 5.95. The van der Waals surface area contributed by atoms with Gasteiger partial charge in [-0.25, -0.2) is 9.59 Å². The molecule has 1 aromatic rings. The molecule has 0 aromatic heterocycles. The molecule has 0 saturated carbocycles. The number of allylic oxidation sites excluding steroid dienone is 1. The molecule has 1 aliphatic heterocycles. The van der Waals surface area contributed by atoms with E-state index >= 15 is 0 Å². The summed E-state index contributed by atoms with van der Waals surface area (Å²) in [4.78, 5) is 36.2. The third-order valence-corrected chi connectivity index (χ3v) is 3.85. The lowest BCUT2D eigenvalue weighted by molar-refractivity contribution is -0.384. The van der Waals surface area contributed by atoms with E-state index in [0.717, 1.165) is 0 Å². The molecular formula is C16H19N3O6. The predicted molar refractivity (Wildman–Crippen MR) is 87.5 cm³/mol. The van der Waals surface area contributed by atoms with Crippen molar-refractivity contribution in [2.24, 2.45) is 0 Å². The Kier molecular flexibility index (Phi) is 5.71. The number of β-amino-alcohol motifs (C(OH)–C–C–N with tert-alkyl or cyclic N) is 1. The van der Waals surface area contributed by atoms with Crippen LogP contribution in [0.2, 0.25) is 0 Å². The molecule has 0 saturated heterocycles. The SMILES string of the molecule is CCOC(=O)C1=C(C)N(CCO)C(=O)N[C@H]1c1ccc([N+](=O)[O-])cc1. The van der Waals surface area contributed by atoms with E-state index < -0.39 is 23.0 Å². The zero-order valence-corrected chi connectivity index (χ0v) is 13.9. The van der Waals surface area contributed by atoms with Crippen molar-refractivity contribution in [2.45, 2.75) is 19.9 Å². The normalized spacial score (nSPS) is 17.3. The van der Waals surface area contributed by atoms with E-state index in [1.165, 1.54) is 29.2 Å². The molecule has 0 aliphatic carbocycles. The summed E-state index contributed by atoms with van der Waals surface area (Å²) in [7, 11) is 0. The topological polar surface area (TPSA) is 122 Å². The van der Waals surface area contributed by atoms with Crippen molar-refractivity contribution in [1.82, 2.24) is 10.2 Å². The second-order valence-electron chi connectivity index (χ2n) is 5.33. The van der Waals surface area contributed by atoms with E-state index in [0.29, 0.717) is 11.3 Å². The average Bonchev–Trinajstić information content (AvgIpc) is 2.58. The molecule has 1 heterocycles. The van der Waals surface area contributed by atoms with Crippen molar-refractivity contribution in [3.05, 3.63) is 51.2 Å². The molecule has 2 rings (SSSR count). The fourth-order valence-corrected chi connectivity index (χ4v) is 2.66. The van der Waals surface area contributed by atoms with E-state index in [-0.39, 0.29) is 31.0 Å². The van der Waals surface area contributed by atoms with Gasteiger partial charge in [0.1, 0.15) is 0 Å². The smallest absolute Gasteiger partial charge is 0.338 e. The fourth-order valence-electron chi connectivity index (χ4n) is 2.66. The summed E-state index contributed by atoms with van der Waals surface area (Å²) in [6.07, 6.45) is 0. The number of urea groups is 1. The molecule has 9 nitrogen and oxygen atoms in total. The number of hydrogen-bond donors (Lipinski definition) is 2. The average molecular weight is 349 g/mol. The Morgan fingerprint density at radius 3 is 2.56 bits per heavy atom. The first-order valence-corrected chi connectivity index (χ1v) is 7.71. The molecule has 0 bridgehead atoms. The van der Waals surface area contributed by atoms with Gasteiger partial charge in [-0.2, -0.15) is 0 Å². The first-order chi connectivity index (χ1) is 11.9. The summed E-state index contributed by atoms with van der Waals surface area (Å²) < 4.78 is 5.08. The van der Waals surface area contributed by atoms with E-state index in [1.807, 2.05) is 0 Å². The second-order valence-corrected chi connectivity index (χ2v) is 5.33. The van der Waals surface area contributed by atoms with Crippen LogP contribution in [0.25, 0.3) is 0 Å². The molecule has 2 amide bonds. The minimum atomic E-state index is -0.790. The number of rotatable bonds is 6. The Labute approximate surface area is 144 Å². The van der Waals surface area contributed by atoms with Crippen LogP contribution < -0.4 is 5.32 Å². The number of non-ortho nitro benzene ring substituents is 1. The highest BCUT2D eigenvalue weighted by Crippen LogP contribution is 2.32. The maximum absolute atomic E-state index is 12.4. The van der Waals surface area contributed by atoms with Gasteiger partial charge in [0.15, 0.2) is 0 Å². The van der Waals surface area contributed by atoms with E-state index in [1.54, 1.807) is 13.8 Å². The van der Waals surface area contributed by atoms with Crippen LogP contribution in [-0.4, -0.2) is 46.7 Å². The minimum Gasteiger partial charge on any atom is -0.463 e. The quantitative estimate of drug-likeness (QED) is 0.456. The summed E-state index contributed by atoms with van der Waals surface area (Å²) in [6.45, 7) is 3.20. The third-order valence-electron chi connectivity index (χ3n) is 3.85. The molecule has 9 heteroatoms. The summed E-state index contributed by atoms with van der Waals surface area (Å²) in [5.41, 5.74) is 1.03. The van der Waals surface area contributed by atoms with Crippen LogP contribution in [-0.2, 0) is 9.53 Å². The van der Waals surface area contributed by atoms with Gasteiger partial charge in [0.25, 0.3) is 5.69 Å². The number of carbonyl (C=O) groups is 2. The number of amides is 2. The summed E-state index contributed by atoms with van der Waals surface area (Å²) >= 11 is 0. The summed E-state index contributed by atoms with van der Waals surface area (Å²) in [5, 5.41) is 22.6. The molecule has 0 unspecified atom stereocenters. The molecule has 25 heavy (non-hydrogen) atoms. The number of nitrogens with one attached hydrogen (secondary N) is 1. The van der Waals surface area contributed by atoms with Crippen LogP contribution in [0.4, 0.5) is 10.5 Å². The van der Waals surface area contributed by atoms with Crippen LogP contribution in [0, 0.1) is 10.1 Å². The van der Waals surface area contributed by atoms with Gasteiger partial charge in [-0.3, -0.25) is 15.0 Å². The Bertz CT molecular complexity index is 713. The van der Waals surface area contributed by atoms with Crippen LogP contribution in [0.3, 0.4) is 0 Å². The highest BCUT2D eigenvalue weighted by atomic mass is 16.6. The van der Waals surface area contributed by atoms with E-state index in [4.69, 9.17) is 9.84 Å². The molecule has 0 radical (unpaired) electrons. The monoisotopic (exact) mass is 349 g/mol. The molecule has 2 N–H and O–H groups in total. The molecule has 1 atom stereocenters. The van der Waals surface area contributed by atoms with Gasteiger partial charge in [-0.1, -0.05) is 0 Å². The number of esters is 1. The van der Waals surface area contributed by atoms with Gasteiger partial charge < -0.3 is 15.2 Å². The fraction of sp³-hybridized carbons (Fsp3) is 0.375. The van der Waals surface area contributed by atoms with Gasteiger partial charge in [0, 0.05) is 17.8 Å². The summed E-state index contributed by atoms with van der Waals surface area (Å²) in [5.74, 6) is -0.591. The maximum Gasteiger partial charge on any atom is 0.338 e. The Hall–Kier alpha value is -2.94. The van der Waals surface area contributed by atoms with Crippen molar-refractivity contribution in [3.8, 4) is 0 Å². The number of nitro groups is 1. The number of aliphatic hydroxyl groups is 1. The van der Waals surface area contributed by atoms with Gasteiger partial charge in [0.2, 0.25) is 0 Å². The van der Waals surface area contributed by atoms with Gasteiger partial charge in [-0.15, -0.1) is 0 Å². The number of carbonyl (C=O) groups excluding carboxylic acids is 2. The highest BCUT2D eigenvalue weighted by Gasteiger charge is 2.36. The summed E-state index contributed by atoms with van der Waals surface area (Å²) in [6, 6.07) is 4.32.